The molecule has 9 heteroatoms. The number of nitrogen functional groups attached to an aromatic ring is 1. The number of hydrogen-bond donors (Lipinski definition) is 2. The van der Waals surface area contributed by atoms with E-state index in [0.29, 0.717) is 16.6 Å². The summed E-state index contributed by atoms with van der Waals surface area (Å²) in [5, 5.41) is 0. The van der Waals surface area contributed by atoms with E-state index in [1.54, 1.807) is 16.7 Å². The summed E-state index contributed by atoms with van der Waals surface area (Å²) in [5.74, 6) is -0.126. The third-order valence-electron chi connectivity index (χ3n) is 4.80. The molecule has 0 aliphatic heterocycles. The fraction of sp³-hybridized carbons (Fsp3) is 0.381. The van der Waals surface area contributed by atoms with Crippen molar-refractivity contribution in [2.45, 2.75) is 27.1 Å². The molecule has 0 saturated carbocycles. The lowest BCUT2D eigenvalue weighted by atomic mass is 10.1. The molecule has 3 rings (SSSR count). The average molecular weight is 413 g/mol. The number of ether oxygens (including phenoxy) is 2. The number of H-pyrrole nitrogens is 1. The SMILES string of the molecule is CCN(CC)Cc1cccc(C(=O)OCCOCn2cnc3c(=O)[nH]c(N)cc32)c1. The fourth-order valence-electron chi connectivity index (χ4n) is 3.14. The van der Waals surface area contributed by atoms with Gasteiger partial charge in [-0.25, -0.2) is 9.78 Å². The number of hydrogen-bond acceptors (Lipinski definition) is 7. The molecule has 9 nitrogen and oxygen atoms in total. The van der Waals surface area contributed by atoms with Gasteiger partial charge in [0, 0.05) is 12.6 Å². The van der Waals surface area contributed by atoms with E-state index < -0.39 is 0 Å². The van der Waals surface area contributed by atoms with Gasteiger partial charge in [-0.2, -0.15) is 0 Å². The second-order valence-corrected chi connectivity index (χ2v) is 6.84. The van der Waals surface area contributed by atoms with Gasteiger partial charge in [0.1, 0.15) is 19.2 Å². The number of nitrogens with two attached hydrogens (primary N) is 1. The summed E-state index contributed by atoms with van der Waals surface area (Å²) in [4.78, 5) is 32.9. The van der Waals surface area contributed by atoms with E-state index in [1.807, 2.05) is 18.2 Å². The van der Waals surface area contributed by atoms with Crippen LogP contribution in [0.4, 0.5) is 5.82 Å². The second kappa shape index (κ2) is 10.0. The number of pyridine rings is 1. The molecule has 30 heavy (non-hydrogen) atoms. The number of aromatic amines is 1. The lowest BCUT2D eigenvalue weighted by Gasteiger charge is -2.18. The Bertz CT molecular complexity index is 1050. The molecule has 0 saturated heterocycles. The fourth-order valence-corrected chi connectivity index (χ4v) is 3.14. The van der Waals surface area contributed by atoms with Crippen molar-refractivity contribution >= 4 is 22.8 Å². The predicted molar refractivity (Wildman–Crippen MR) is 114 cm³/mol. The maximum absolute atomic E-state index is 12.3. The zero-order valence-electron chi connectivity index (χ0n) is 17.3. The summed E-state index contributed by atoms with van der Waals surface area (Å²) in [6.45, 7) is 7.42. The van der Waals surface area contributed by atoms with Gasteiger partial charge in [-0.3, -0.25) is 9.69 Å². The molecule has 0 amide bonds. The lowest BCUT2D eigenvalue weighted by molar-refractivity contribution is 0.0182. The van der Waals surface area contributed by atoms with Gasteiger partial charge in [0.25, 0.3) is 5.56 Å². The van der Waals surface area contributed by atoms with Crippen LogP contribution in [0.15, 0.2) is 41.5 Å². The molecule has 0 aliphatic rings. The molecule has 3 aromatic rings. The van der Waals surface area contributed by atoms with Gasteiger partial charge in [0.05, 0.1) is 24.0 Å². The van der Waals surface area contributed by atoms with Crippen LogP contribution in [-0.4, -0.2) is 51.7 Å². The van der Waals surface area contributed by atoms with Gasteiger partial charge in [-0.1, -0.05) is 26.0 Å². The first-order valence-corrected chi connectivity index (χ1v) is 9.91. The number of nitrogens with zero attached hydrogens (tertiary/aromatic N) is 3. The van der Waals surface area contributed by atoms with Gasteiger partial charge in [0.15, 0.2) is 5.52 Å². The number of benzene rings is 1. The molecule has 3 N–H and O–H groups in total. The molecular formula is C21H27N5O4. The minimum Gasteiger partial charge on any atom is -0.460 e. The lowest BCUT2D eigenvalue weighted by Crippen LogP contribution is -2.22. The third kappa shape index (κ3) is 5.25. The molecule has 2 aromatic heterocycles. The smallest absolute Gasteiger partial charge is 0.338 e. The van der Waals surface area contributed by atoms with Crippen molar-refractivity contribution in [3.8, 4) is 0 Å². The van der Waals surface area contributed by atoms with Crippen LogP contribution in [0.2, 0.25) is 0 Å². The highest BCUT2D eigenvalue weighted by Gasteiger charge is 2.10. The summed E-state index contributed by atoms with van der Waals surface area (Å²) < 4.78 is 12.5. The van der Waals surface area contributed by atoms with Crippen LogP contribution in [0, 0.1) is 0 Å². The number of anilines is 1. The van der Waals surface area contributed by atoms with E-state index >= 15 is 0 Å². The van der Waals surface area contributed by atoms with Crippen LogP contribution < -0.4 is 11.3 Å². The average Bonchev–Trinajstić information content (AvgIpc) is 3.15. The van der Waals surface area contributed by atoms with Gasteiger partial charge in [0.2, 0.25) is 0 Å². The zero-order valence-corrected chi connectivity index (χ0v) is 17.3. The highest BCUT2D eigenvalue weighted by atomic mass is 16.6. The highest BCUT2D eigenvalue weighted by Crippen LogP contribution is 2.11. The molecule has 0 spiro atoms. The van der Waals surface area contributed by atoms with Crippen LogP contribution in [0.3, 0.4) is 0 Å². The molecule has 0 radical (unpaired) electrons. The van der Waals surface area contributed by atoms with Crippen LogP contribution >= 0.6 is 0 Å². The first kappa shape index (κ1) is 21.5. The van der Waals surface area contributed by atoms with Crippen molar-refractivity contribution in [1.82, 2.24) is 19.4 Å². The number of carbonyl (C=O) groups is 1. The Morgan fingerprint density at radius 1 is 1.23 bits per heavy atom. The largest absolute Gasteiger partial charge is 0.460 e. The van der Waals surface area contributed by atoms with E-state index in [9.17, 15) is 9.59 Å². The molecule has 0 aliphatic carbocycles. The summed E-state index contributed by atoms with van der Waals surface area (Å²) in [6.07, 6.45) is 1.51. The van der Waals surface area contributed by atoms with Gasteiger partial charge in [-0.05, 0) is 30.8 Å². The first-order valence-electron chi connectivity index (χ1n) is 9.91. The molecule has 1 aromatic carbocycles. The van der Waals surface area contributed by atoms with Gasteiger partial charge >= 0.3 is 5.97 Å². The molecule has 0 fully saturated rings. The number of carbonyl (C=O) groups excluding carboxylic acids is 1. The zero-order chi connectivity index (χ0) is 21.5. The van der Waals surface area contributed by atoms with Crippen LogP contribution in [0.5, 0.6) is 0 Å². The molecular weight excluding hydrogens is 386 g/mol. The Morgan fingerprint density at radius 2 is 2.03 bits per heavy atom. The van der Waals surface area contributed by atoms with Gasteiger partial charge in [-0.15, -0.1) is 0 Å². The van der Waals surface area contributed by atoms with Crippen molar-refractivity contribution in [3.05, 3.63) is 58.1 Å². The molecule has 0 bridgehead atoms. The third-order valence-corrected chi connectivity index (χ3v) is 4.80. The summed E-state index contributed by atoms with van der Waals surface area (Å²) >= 11 is 0. The maximum Gasteiger partial charge on any atom is 0.338 e. The van der Waals surface area contributed by atoms with Crippen molar-refractivity contribution in [2.24, 2.45) is 0 Å². The summed E-state index contributed by atoms with van der Waals surface area (Å²) in [5.41, 5.74) is 7.80. The number of imidazole rings is 1. The predicted octanol–water partition coefficient (Wildman–Crippen LogP) is 1.98. The van der Waals surface area contributed by atoms with Crippen molar-refractivity contribution in [3.63, 3.8) is 0 Å². The Balaban J connectivity index is 1.48. The molecule has 0 unspecified atom stereocenters. The Hall–Kier alpha value is -3.17. The quantitative estimate of drug-likeness (QED) is 0.386. The monoisotopic (exact) mass is 413 g/mol. The van der Waals surface area contributed by atoms with Crippen molar-refractivity contribution in [1.29, 1.82) is 0 Å². The second-order valence-electron chi connectivity index (χ2n) is 6.84. The Kier molecular flexibility index (Phi) is 7.21. The van der Waals surface area contributed by atoms with Gasteiger partial charge < -0.3 is 24.8 Å². The summed E-state index contributed by atoms with van der Waals surface area (Å²) in [6, 6.07) is 9.10. The molecule has 160 valence electrons. The number of nitrogens with one attached hydrogen (secondary N) is 1. The van der Waals surface area contributed by atoms with Crippen molar-refractivity contribution < 1.29 is 14.3 Å². The van der Waals surface area contributed by atoms with Crippen LogP contribution in [0.25, 0.3) is 11.0 Å². The number of rotatable bonds is 10. The minimum atomic E-state index is -0.382. The van der Waals surface area contributed by atoms with E-state index in [1.165, 1.54) is 6.33 Å². The summed E-state index contributed by atoms with van der Waals surface area (Å²) in [7, 11) is 0. The van der Waals surface area contributed by atoms with E-state index in [0.717, 1.165) is 25.2 Å². The van der Waals surface area contributed by atoms with E-state index in [-0.39, 0.29) is 37.3 Å². The van der Waals surface area contributed by atoms with Crippen molar-refractivity contribution in [2.75, 3.05) is 32.0 Å². The molecule has 2 heterocycles. The van der Waals surface area contributed by atoms with Crippen LogP contribution in [0.1, 0.15) is 29.8 Å². The topological polar surface area (TPSA) is 115 Å². The first-order chi connectivity index (χ1) is 14.5. The van der Waals surface area contributed by atoms with Crippen LogP contribution in [-0.2, 0) is 22.7 Å². The Labute approximate surface area is 174 Å². The number of esters is 1. The number of aromatic nitrogens is 3. The number of fused-ring (bicyclic) bond motifs is 1. The standard InChI is InChI=1S/C21H27N5O4/c1-3-25(4-2)12-15-6-5-7-16(10-15)21(28)30-9-8-29-14-26-13-23-19-17(26)11-18(22)24-20(19)27/h5-7,10-11,13H,3-4,8-9,12,14H2,1-2H3,(H3,22,24,27). The molecule has 0 atom stereocenters. The van der Waals surface area contributed by atoms with E-state index in [4.69, 9.17) is 15.2 Å². The minimum absolute atomic E-state index is 0.120. The normalized spacial score (nSPS) is 11.3. The highest BCUT2D eigenvalue weighted by molar-refractivity contribution is 5.89. The Morgan fingerprint density at radius 3 is 2.80 bits per heavy atom. The van der Waals surface area contributed by atoms with E-state index in [2.05, 4.69) is 28.7 Å². The maximum atomic E-state index is 12.3.